The van der Waals surface area contributed by atoms with Crippen LogP contribution in [0.2, 0.25) is 5.02 Å². The first kappa shape index (κ1) is 18.8. The smallest absolute Gasteiger partial charge is 0.251 e. The Morgan fingerprint density at radius 2 is 1.75 bits per heavy atom. The lowest BCUT2D eigenvalue weighted by Gasteiger charge is -2.49. The molecule has 4 rings (SSSR count). The maximum absolute atomic E-state index is 13.3. The van der Waals surface area contributed by atoms with Gasteiger partial charge in [0.2, 0.25) is 5.91 Å². The number of β-lactam (4-membered cyclic amide) rings is 1. The molecule has 0 aromatic heterocycles. The van der Waals surface area contributed by atoms with Crippen molar-refractivity contribution in [2.75, 3.05) is 4.90 Å². The van der Waals surface area contributed by atoms with Crippen molar-refractivity contribution in [3.63, 3.8) is 0 Å². The third-order valence-corrected chi connectivity index (χ3v) is 5.84. The van der Waals surface area contributed by atoms with Gasteiger partial charge in [0.25, 0.3) is 5.91 Å². The van der Waals surface area contributed by atoms with Gasteiger partial charge in [0.15, 0.2) is 5.54 Å². The van der Waals surface area contributed by atoms with E-state index in [4.69, 9.17) is 11.6 Å². The molecule has 1 saturated carbocycles. The Kier molecular flexibility index (Phi) is 5.23. The van der Waals surface area contributed by atoms with Gasteiger partial charge in [-0.15, -0.1) is 0 Å². The SMILES string of the molecule is O=C1C[C@](/C=C\c2ccccc2)(C(=O)NC2CCCC2)N1c1ccc(Cl)cc1. The first-order valence-electron chi connectivity index (χ1n) is 9.72. The van der Waals surface area contributed by atoms with Crippen molar-refractivity contribution in [1.82, 2.24) is 5.32 Å². The summed E-state index contributed by atoms with van der Waals surface area (Å²) in [4.78, 5) is 27.5. The van der Waals surface area contributed by atoms with Crippen molar-refractivity contribution < 1.29 is 9.59 Å². The highest BCUT2D eigenvalue weighted by molar-refractivity contribution is 6.30. The van der Waals surface area contributed by atoms with E-state index in [-0.39, 0.29) is 24.3 Å². The number of rotatable bonds is 5. The number of carbonyl (C=O) groups is 2. The maximum atomic E-state index is 13.3. The molecule has 144 valence electrons. The minimum absolute atomic E-state index is 0.0680. The first-order valence-corrected chi connectivity index (χ1v) is 10.1. The zero-order valence-electron chi connectivity index (χ0n) is 15.6. The van der Waals surface area contributed by atoms with Crippen LogP contribution in [0.25, 0.3) is 6.08 Å². The Hall–Kier alpha value is -2.59. The van der Waals surface area contributed by atoms with Crippen molar-refractivity contribution in [3.05, 3.63) is 71.3 Å². The number of anilines is 1. The van der Waals surface area contributed by atoms with E-state index < -0.39 is 5.54 Å². The standard InChI is InChI=1S/C23H23ClN2O2/c24-18-10-12-20(13-11-18)26-21(27)16-23(26,15-14-17-6-2-1-3-7-17)22(28)25-19-8-4-5-9-19/h1-3,6-7,10-15,19H,4-5,8-9,16H2,(H,25,28)/b15-14-/t23-/m1/s1. The van der Waals surface area contributed by atoms with Crippen molar-refractivity contribution in [2.24, 2.45) is 0 Å². The molecule has 1 saturated heterocycles. The summed E-state index contributed by atoms with van der Waals surface area (Å²) >= 11 is 6.01. The molecule has 2 fully saturated rings. The van der Waals surface area contributed by atoms with Gasteiger partial charge in [0, 0.05) is 16.8 Å². The number of halogens is 1. The van der Waals surface area contributed by atoms with Crippen LogP contribution in [-0.4, -0.2) is 23.4 Å². The molecule has 2 aromatic rings. The number of nitrogens with one attached hydrogen (secondary N) is 1. The van der Waals surface area contributed by atoms with Crippen LogP contribution in [0, 0.1) is 0 Å². The van der Waals surface area contributed by atoms with E-state index in [1.54, 1.807) is 29.2 Å². The lowest BCUT2D eigenvalue weighted by molar-refractivity contribution is -0.137. The number of carbonyl (C=O) groups excluding carboxylic acids is 2. The van der Waals surface area contributed by atoms with Gasteiger partial charge in [-0.1, -0.05) is 60.9 Å². The zero-order chi connectivity index (χ0) is 19.6. The molecule has 28 heavy (non-hydrogen) atoms. The summed E-state index contributed by atoms with van der Waals surface area (Å²) in [5, 5.41) is 3.77. The number of nitrogens with zero attached hydrogens (tertiary/aromatic N) is 1. The normalized spacial score (nSPS) is 22.5. The molecule has 0 radical (unpaired) electrons. The molecule has 1 aliphatic carbocycles. The fraction of sp³-hybridized carbons (Fsp3) is 0.304. The zero-order valence-corrected chi connectivity index (χ0v) is 16.4. The van der Waals surface area contributed by atoms with Crippen LogP contribution in [0.5, 0.6) is 0 Å². The Morgan fingerprint density at radius 3 is 2.39 bits per heavy atom. The second-order valence-electron chi connectivity index (χ2n) is 7.51. The molecule has 1 aliphatic heterocycles. The van der Waals surface area contributed by atoms with E-state index in [0.717, 1.165) is 31.2 Å². The van der Waals surface area contributed by atoms with Crippen LogP contribution in [-0.2, 0) is 9.59 Å². The Labute approximate surface area is 170 Å². The predicted octanol–water partition coefficient (Wildman–Crippen LogP) is 4.59. The van der Waals surface area contributed by atoms with Crippen molar-refractivity contribution in [1.29, 1.82) is 0 Å². The number of amides is 2. The molecule has 1 N–H and O–H groups in total. The van der Waals surface area contributed by atoms with Crippen molar-refractivity contribution in [2.45, 2.75) is 43.7 Å². The molecule has 2 aromatic carbocycles. The van der Waals surface area contributed by atoms with Crippen LogP contribution < -0.4 is 10.2 Å². The largest absolute Gasteiger partial charge is 0.351 e. The molecular formula is C23H23ClN2O2. The van der Waals surface area contributed by atoms with Gasteiger partial charge in [-0.3, -0.25) is 14.5 Å². The fourth-order valence-corrected chi connectivity index (χ4v) is 4.18. The molecule has 0 unspecified atom stereocenters. The van der Waals surface area contributed by atoms with Gasteiger partial charge >= 0.3 is 0 Å². The first-order chi connectivity index (χ1) is 13.6. The van der Waals surface area contributed by atoms with E-state index >= 15 is 0 Å². The summed E-state index contributed by atoms with van der Waals surface area (Å²) in [5.74, 6) is -0.178. The molecule has 1 heterocycles. The van der Waals surface area contributed by atoms with E-state index in [0.29, 0.717) is 10.7 Å². The summed E-state index contributed by atoms with van der Waals surface area (Å²) in [6.45, 7) is 0. The van der Waals surface area contributed by atoms with Gasteiger partial charge in [-0.05, 0) is 48.7 Å². The average molecular weight is 395 g/mol. The van der Waals surface area contributed by atoms with Crippen molar-refractivity contribution >= 4 is 35.2 Å². The second-order valence-corrected chi connectivity index (χ2v) is 7.94. The topological polar surface area (TPSA) is 49.4 Å². The van der Waals surface area contributed by atoms with Crippen LogP contribution in [0.1, 0.15) is 37.7 Å². The molecule has 0 bridgehead atoms. The Morgan fingerprint density at radius 1 is 1.07 bits per heavy atom. The summed E-state index contributed by atoms with van der Waals surface area (Å²) in [6, 6.07) is 17.1. The monoisotopic (exact) mass is 394 g/mol. The molecule has 0 spiro atoms. The minimum Gasteiger partial charge on any atom is -0.351 e. The van der Waals surface area contributed by atoms with Crippen LogP contribution in [0.4, 0.5) is 5.69 Å². The lowest BCUT2D eigenvalue weighted by atomic mass is 9.80. The van der Waals surface area contributed by atoms with Gasteiger partial charge in [-0.2, -0.15) is 0 Å². The van der Waals surface area contributed by atoms with E-state index in [1.165, 1.54) is 0 Å². The van der Waals surface area contributed by atoms with Crippen LogP contribution >= 0.6 is 11.6 Å². The van der Waals surface area contributed by atoms with Gasteiger partial charge < -0.3 is 5.32 Å². The quantitative estimate of drug-likeness (QED) is 0.754. The molecule has 2 aliphatic rings. The highest BCUT2D eigenvalue weighted by Crippen LogP contribution is 2.40. The molecule has 4 nitrogen and oxygen atoms in total. The summed E-state index contributed by atoms with van der Waals surface area (Å²) in [7, 11) is 0. The molecule has 5 heteroatoms. The average Bonchev–Trinajstić information content (AvgIpc) is 3.20. The Balaban J connectivity index is 1.68. The molecular weight excluding hydrogens is 372 g/mol. The number of benzene rings is 2. The summed E-state index contributed by atoms with van der Waals surface area (Å²) < 4.78 is 0. The van der Waals surface area contributed by atoms with Crippen molar-refractivity contribution in [3.8, 4) is 0 Å². The summed E-state index contributed by atoms with van der Waals surface area (Å²) in [5.41, 5.74) is 0.662. The summed E-state index contributed by atoms with van der Waals surface area (Å²) in [6.07, 6.45) is 8.22. The second kappa shape index (κ2) is 7.80. The third-order valence-electron chi connectivity index (χ3n) is 5.59. The van der Waals surface area contributed by atoms with E-state index in [9.17, 15) is 9.59 Å². The third kappa shape index (κ3) is 3.57. The fourth-order valence-electron chi connectivity index (χ4n) is 4.05. The maximum Gasteiger partial charge on any atom is 0.251 e. The minimum atomic E-state index is -1.01. The Bertz CT molecular complexity index is 889. The molecule has 1 atom stereocenters. The van der Waals surface area contributed by atoms with E-state index in [2.05, 4.69) is 5.32 Å². The predicted molar refractivity (Wildman–Crippen MR) is 112 cm³/mol. The van der Waals surface area contributed by atoms with Gasteiger partial charge in [0.05, 0.1) is 6.42 Å². The number of hydrogen-bond acceptors (Lipinski definition) is 2. The van der Waals surface area contributed by atoms with Gasteiger partial charge in [0.1, 0.15) is 0 Å². The van der Waals surface area contributed by atoms with Crippen LogP contribution in [0.3, 0.4) is 0 Å². The number of hydrogen-bond donors (Lipinski definition) is 1. The molecule has 2 amide bonds. The van der Waals surface area contributed by atoms with Crippen LogP contribution in [0.15, 0.2) is 60.7 Å². The highest BCUT2D eigenvalue weighted by atomic mass is 35.5. The highest BCUT2D eigenvalue weighted by Gasteiger charge is 2.55. The van der Waals surface area contributed by atoms with Gasteiger partial charge in [-0.25, -0.2) is 0 Å². The lowest BCUT2D eigenvalue weighted by Crippen LogP contribution is -2.70. The van der Waals surface area contributed by atoms with E-state index in [1.807, 2.05) is 42.5 Å².